The van der Waals surface area contributed by atoms with E-state index in [4.69, 9.17) is 9.15 Å². The fourth-order valence-corrected chi connectivity index (χ4v) is 5.50. The van der Waals surface area contributed by atoms with E-state index in [0.29, 0.717) is 12.0 Å². The molecule has 5 rings (SSSR count). The molecule has 2 aromatic carbocycles. The molecule has 3 heterocycles. The molecule has 2 aliphatic heterocycles. The van der Waals surface area contributed by atoms with Crippen molar-refractivity contribution in [2.75, 3.05) is 19.7 Å². The molecule has 1 saturated heterocycles. The van der Waals surface area contributed by atoms with E-state index in [1.807, 2.05) is 6.26 Å². The van der Waals surface area contributed by atoms with Gasteiger partial charge in [-0.2, -0.15) is 0 Å². The Labute approximate surface area is 189 Å². The number of fused-ring (bicyclic) bond motifs is 2. The van der Waals surface area contributed by atoms with Gasteiger partial charge in [0.1, 0.15) is 11.3 Å². The first-order valence-corrected chi connectivity index (χ1v) is 12.3. The summed E-state index contributed by atoms with van der Waals surface area (Å²) in [6.07, 6.45) is 9.56. The summed E-state index contributed by atoms with van der Waals surface area (Å²) in [6.45, 7) is 7.41. The number of hydrogen-bond acceptors (Lipinski definition) is 4. The molecule has 2 aliphatic rings. The maximum absolute atomic E-state index is 5.93. The zero-order valence-corrected chi connectivity index (χ0v) is 19.3. The summed E-state index contributed by atoms with van der Waals surface area (Å²) in [4.78, 5) is 5.10. The van der Waals surface area contributed by atoms with Crippen molar-refractivity contribution in [1.29, 1.82) is 0 Å². The lowest BCUT2D eigenvalue weighted by Crippen LogP contribution is -2.41. The molecule has 1 atom stereocenters. The topological polar surface area (TPSA) is 25.6 Å². The van der Waals surface area contributed by atoms with Gasteiger partial charge < -0.3 is 9.15 Å². The summed E-state index contributed by atoms with van der Waals surface area (Å²) in [5, 5.41) is 1.23. The van der Waals surface area contributed by atoms with E-state index in [-0.39, 0.29) is 0 Å². The monoisotopic (exact) mass is 433 g/mol. The van der Waals surface area contributed by atoms with Crippen LogP contribution in [0.4, 0.5) is 0 Å². The van der Waals surface area contributed by atoms with Crippen LogP contribution in [0.25, 0.3) is 16.5 Å². The number of hydrogen-bond donors (Lipinski definition) is 0. The average molecular weight is 434 g/mol. The smallest absolute Gasteiger partial charge is 0.134 e. The van der Waals surface area contributed by atoms with E-state index in [1.54, 1.807) is 11.8 Å². The van der Waals surface area contributed by atoms with Crippen molar-refractivity contribution < 1.29 is 9.15 Å². The molecule has 1 aromatic heterocycles. The maximum Gasteiger partial charge on any atom is 0.134 e. The van der Waals surface area contributed by atoms with Crippen LogP contribution in [0.2, 0.25) is 0 Å². The molecule has 0 aliphatic carbocycles. The van der Waals surface area contributed by atoms with E-state index in [9.17, 15) is 0 Å². The molecule has 0 bridgehead atoms. The average Bonchev–Trinajstić information content (AvgIpc) is 3.21. The second-order valence-corrected chi connectivity index (χ2v) is 10.3. The lowest BCUT2D eigenvalue weighted by molar-refractivity contribution is 0.161. The number of piperidine rings is 1. The van der Waals surface area contributed by atoms with Crippen molar-refractivity contribution in [3.05, 3.63) is 60.4 Å². The minimum Gasteiger partial charge on any atom is -0.493 e. The van der Waals surface area contributed by atoms with Crippen LogP contribution in [0.5, 0.6) is 5.75 Å². The Morgan fingerprint density at radius 1 is 1.10 bits per heavy atom. The summed E-state index contributed by atoms with van der Waals surface area (Å²) in [6, 6.07) is 15.7. The number of furan rings is 1. The number of benzene rings is 2. The summed E-state index contributed by atoms with van der Waals surface area (Å²) in [7, 11) is 0. The van der Waals surface area contributed by atoms with Crippen LogP contribution in [-0.4, -0.2) is 30.6 Å². The maximum atomic E-state index is 5.93. The van der Waals surface area contributed by atoms with Gasteiger partial charge in [0.15, 0.2) is 0 Å². The molecule has 4 heteroatoms. The second kappa shape index (κ2) is 9.13. The highest BCUT2D eigenvalue weighted by Gasteiger charge is 2.27. The van der Waals surface area contributed by atoms with Crippen LogP contribution >= 0.6 is 11.8 Å². The highest BCUT2D eigenvalue weighted by Crippen LogP contribution is 2.38. The van der Waals surface area contributed by atoms with Crippen molar-refractivity contribution in [3.8, 4) is 5.75 Å². The van der Waals surface area contributed by atoms with Gasteiger partial charge in [0.25, 0.3) is 0 Å². The van der Waals surface area contributed by atoms with Gasteiger partial charge in [-0.3, -0.25) is 4.90 Å². The van der Waals surface area contributed by atoms with Crippen LogP contribution in [0, 0.1) is 5.92 Å². The Morgan fingerprint density at radius 2 is 1.94 bits per heavy atom. The third kappa shape index (κ3) is 4.70. The molecular weight excluding hydrogens is 402 g/mol. The van der Waals surface area contributed by atoms with Gasteiger partial charge in [0.05, 0.1) is 12.9 Å². The van der Waals surface area contributed by atoms with Gasteiger partial charge in [0.2, 0.25) is 0 Å². The summed E-state index contributed by atoms with van der Waals surface area (Å²) >= 11 is 1.79. The zero-order chi connectivity index (χ0) is 21.2. The van der Waals surface area contributed by atoms with Gasteiger partial charge in [-0.15, -0.1) is 0 Å². The van der Waals surface area contributed by atoms with Gasteiger partial charge in [-0.1, -0.05) is 38.1 Å². The molecule has 3 aromatic rings. The lowest BCUT2D eigenvalue weighted by Gasteiger charge is -2.38. The van der Waals surface area contributed by atoms with E-state index < -0.39 is 0 Å². The SMILES string of the molecule is CC(C)COc1ccc(Sc2ccc3occ(C4=CCN5CCCCC5C4)c3c2)cc1. The van der Waals surface area contributed by atoms with E-state index in [1.165, 1.54) is 52.1 Å². The van der Waals surface area contributed by atoms with Crippen LogP contribution in [-0.2, 0) is 0 Å². The first-order valence-electron chi connectivity index (χ1n) is 11.5. The third-order valence-electron chi connectivity index (χ3n) is 6.31. The van der Waals surface area contributed by atoms with Crippen molar-refractivity contribution in [3.63, 3.8) is 0 Å². The molecule has 162 valence electrons. The Hall–Kier alpha value is -2.17. The van der Waals surface area contributed by atoms with Crippen LogP contribution in [0.3, 0.4) is 0 Å². The van der Waals surface area contributed by atoms with Gasteiger partial charge in [-0.25, -0.2) is 0 Å². The number of ether oxygens (including phenoxy) is 1. The zero-order valence-electron chi connectivity index (χ0n) is 18.5. The molecule has 0 radical (unpaired) electrons. The Kier molecular flexibility index (Phi) is 6.10. The standard InChI is InChI=1S/C27H31NO2S/c1-19(2)17-29-22-6-8-23(9-7-22)31-24-10-11-27-25(16-24)26(18-30-27)20-12-14-28-13-4-3-5-21(28)15-20/h6-12,16,18-19,21H,3-5,13-15,17H2,1-2H3. The summed E-state index contributed by atoms with van der Waals surface area (Å²) < 4.78 is 11.7. The van der Waals surface area contributed by atoms with Crippen LogP contribution in [0.1, 0.15) is 45.1 Å². The normalized spacial score (nSPS) is 19.5. The Morgan fingerprint density at radius 3 is 2.77 bits per heavy atom. The van der Waals surface area contributed by atoms with Gasteiger partial charge in [0, 0.05) is 33.3 Å². The molecule has 0 saturated carbocycles. The molecule has 1 unspecified atom stereocenters. The Balaban J connectivity index is 1.34. The summed E-state index contributed by atoms with van der Waals surface area (Å²) in [5.74, 6) is 1.47. The number of rotatable bonds is 6. The fraction of sp³-hybridized carbons (Fsp3) is 0.407. The molecular formula is C27H31NO2S. The minimum absolute atomic E-state index is 0.533. The van der Waals surface area contributed by atoms with Crippen LogP contribution in [0.15, 0.2) is 69.0 Å². The predicted molar refractivity (Wildman–Crippen MR) is 129 cm³/mol. The van der Waals surface area contributed by atoms with Crippen LogP contribution < -0.4 is 4.74 Å². The third-order valence-corrected chi connectivity index (χ3v) is 7.31. The van der Waals surface area contributed by atoms with Crippen molar-refractivity contribution >= 4 is 28.3 Å². The fourth-order valence-electron chi connectivity index (χ4n) is 4.64. The molecule has 31 heavy (non-hydrogen) atoms. The predicted octanol–water partition coefficient (Wildman–Crippen LogP) is 7.26. The largest absolute Gasteiger partial charge is 0.493 e. The minimum atomic E-state index is 0.533. The quantitative estimate of drug-likeness (QED) is 0.408. The summed E-state index contributed by atoms with van der Waals surface area (Å²) in [5.41, 5.74) is 3.71. The molecule has 3 nitrogen and oxygen atoms in total. The van der Waals surface area contributed by atoms with Crippen molar-refractivity contribution in [1.82, 2.24) is 4.90 Å². The highest BCUT2D eigenvalue weighted by molar-refractivity contribution is 7.99. The first kappa shape index (κ1) is 20.7. The molecule has 0 N–H and O–H groups in total. The molecule has 0 spiro atoms. The Bertz CT molecular complexity index is 1070. The highest BCUT2D eigenvalue weighted by atomic mass is 32.2. The first-order chi connectivity index (χ1) is 15.2. The van der Waals surface area contributed by atoms with E-state index >= 15 is 0 Å². The number of nitrogens with zero attached hydrogens (tertiary/aromatic N) is 1. The second-order valence-electron chi connectivity index (χ2n) is 9.16. The molecule has 0 amide bonds. The van der Waals surface area contributed by atoms with E-state index in [0.717, 1.165) is 30.9 Å². The van der Waals surface area contributed by atoms with Crippen molar-refractivity contribution in [2.24, 2.45) is 5.92 Å². The van der Waals surface area contributed by atoms with E-state index in [2.05, 4.69) is 67.3 Å². The van der Waals surface area contributed by atoms with Crippen molar-refractivity contribution in [2.45, 2.75) is 55.4 Å². The van der Waals surface area contributed by atoms with Gasteiger partial charge >= 0.3 is 0 Å². The lowest BCUT2D eigenvalue weighted by atomic mass is 9.89. The van der Waals surface area contributed by atoms with Gasteiger partial charge in [-0.05, 0) is 79.8 Å². The molecule has 1 fully saturated rings.